The van der Waals surface area contributed by atoms with Gasteiger partial charge in [-0.25, -0.2) is 8.78 Å². The fourth-order valence-corrected chi connectivity index (χ4v) is 6.14. The second-order valence-electron chi connectivity index (χ2n) is 11.5. The first kappa shape index (κ1) is 29.6. The summed E-state index contributed by atoms with van der Waals surface area (Å²) in [4.78, 5) is 14.1. The molecule has 4 aromatic rings. The average molecular weight is 610 g/mol. The minimum absolute atomic E-state index is 0.00919. The first-order chi connectivity index (χ1) is 19.9. The number of carbonyl (C=O) groups is 1. The Morgan fingerprint density at radius 1 is 1.12 bits per heavy atom. The van der Waals surface area contributed by atoms with E-state index in [1.165, 1.54) is 24.3 Å². The quantitative estimate of drug-likeness (QED) is 0.232. The van der Waals surface area contributed by atoms with Gasteiger partial charge >= 0.3 is 0 Å². The standard InChI is InChI=1S/C30H27Cl2F2N7O/c1-29(2,3)14-23-30(15-35,20-11-10-17(31)13-22(20)33)24(19-8-5-9-21(32)25(19)34)26(37-23)28(42)36-18-7-4-6-16(12-18)27-38-40-41-39-27/h4-13,23-24,26,37H,14H2,1-3H3,(H,36,42)(H,38,39,40,41)/t23-,24-,26?,30-/m0/s1. The molecule has 3 N–H and O–H groups in total. The molecule has 0 bridgehead atoms. The molecular weight excluding hydrogens is 583 g/mol. The Labute approximate surface area is 251 Å². The molecular formula is C30H27Cl2F2N7O. The number of H-pyrrole nitrogens is 1. The topological polar surface area (TPSA) is 119 Å². The number of hydrogen-bond acceptors (Lipinski definition) is 6. The van der Waals surface area contributed by atoms with Gasteiger partial charge in [0.05, 0.1) is 17.1 Å². The number of nitriles is 1. The van der Waals surface area contributed by atoms with Crippen LogP contribution in [0.4, 0.5) is 14.5 Å². The zero-order valence-corrected chi connectivity index (χ0v) is 24.4. The molecule has 2 heterocycles. The molecule has 0 radical (unpaired) electrons. The maximum atomic E-state index is 15.8. The molecule has 1 unspecified atom stereocenters. The molecule has 42 heavy (non-hydrogen) atoms. The predicted molar refractivity (Wildman–Crippen MR) is 156 cm³/mol. The van der Waals surface area contributed by atoms with Gasteiger partial charge in [-0.2, -0.15) is 10.5 Å². The van der Waals surface area contributed by atoms with Crippen LogP contribution in [0.5, 0.6) is 0 Å². The zero-order valence-electron chi connectivity index (χ0n) is 22.9. The fraction of sp³-hybridized carbons (Fsp3) is 0.300. The summed E-state index contributed by atoms with van der Waals surface area (Å²) in [5.41, 5.74) is -1.04. The Bertz CT molecular complexity index is 1670. The van der Waals surface area contributed by atoms with Gasteiger partial charge in [0.2, 0.25) is 11.7 Å². The van der Waals surface area contributed by atoms with E-state index in [0.29, 0.717) is 23.5 Å². The van der Waals surface area contributed by atoms with Gasteiger partial charge < -0.3 is 10.6 Å². The molecule has 1 aliphatic heterocycles. The van der Waals surface area contributed by atoms with Crippen LogP contribution < -0.4 is 10.6 Å². The van der Waals surface area contributed by atoms with E-state index in [1.54, 1.807) is 30.3 Å². The van der Waals surface area contributed by atoms with E-state index in [-0.39, 0.29) is 26.6 Å². The minimum atomic E-state index is -1.72. The maximum Gasteiger partial charge on any atom is 0.242 e. The SMILES string of the molecule is CC(C)(C)C[C@@H]1NC(C(=O)Nc2cccc(-c3nn[nH]n3)c2)[C@H](c2cccc(Cl)c2F)[C@@]1(C#N)c1ccc(Cl)cc1F. The first-order valence-electron chi connectivity index (χ1n) is 13.2. The Kier molecular flexibility index (Phi) is 8.03. The van der Waals surface area contributed by atoms with Crippen molar-refractivity contribution in [1.29, 1.82) is 5.26 Å². The van der Waals surface area contributed by atoms with Crippen LogP contribution in [0.2, 0.25) is 10.0 Å². The lowest BCUT2D eigenvalue weighted by Gasteiger charge is -2.37. The van der Waals surface area contributed by atoms with E-state index in [1.807, 2.05) is 20.8 Å². The number of nitrogens with one attached hydrogen (secondary N) is 3. The molecule has 1 amide bonds. The number of tetrazole rings is 1. The van der Waals surface area contributed by atoms with Gasteiger partial charge in [0.1, 0.15) is 17.0 Å². The van der Waals surface area contributed by atoms with Gasteiger partial charge in [0.25, 0.3) is 0 Å². The summed E-state index contributed by atoms with van der Waals surface area (Å²) in [5, 5.41) is 31.0. The second-order valence-corrected chi connectivity index (χ2v) is 12.3. The normalized spacial score (nSPS) is 22.1. The van der Waals surface area contributed by atoms with E-state index >= 15 is 8.78 Å². The average Bonchev–Trinajstić information content (AvgIpc) is 3.57. The van der Waals surface area contributed by atoms with Crippen LogP contribution in [0.1, 0.15) is 44.2 Å². The summed E-state index contributed by atoms with van der Waals surface area (Å²) in [5.74, 6) is -2.91. The van der Waals surface area contributed by atoms with Crippen molar-refractivity contribution in [1.82, 2.24) is 25.9 Å². The van der Waals surface area contributed by atoms with Gasteiger partial charge in [0.15, 0.2) is 0 Å². The van der Waals surface area contributed by atoms with Crippen LogP contribution in [0.15, 0.2) is 60.7 Å². The highest BCUT2D eigenvalue weighted by Crippen LogP contribution is 2.52. The number of aromatic amines is 1. The molecule has 216 valence electrons. The molecule has 5 rings (SSSR count). The van der Waals surface area contributed by atoms with Gasteiger partial charge in [-0.1, -0.05) is 74.3 Å². The number of benzene rings is 3. The van der Waals surface area contributed by atoms with E-state index < -0.39 is 41.0 Å². The molecule has 0 saturated carbocycles. The molecule has 4 atom stereocenters. The summed E-state index contributed by atoms with van der Waals surface area (Å²) >= 11 is 12.3. The minimum Gasteiger partial charge on any atom is -0.325 e. The highest BCUT2D eigenvalue weighted by Gasteiger charge is 2.61. The second kappa shape index (κ2) is 11.4. The fourth-order valence-electron chi connectivity index (χ4n) is 5.80. The van der Waals surface area contributed by atoms with Crippen molar-refractivity contribution >= 4 is 34.8 Å². The zero-order chi connectivity index (χ0) is 30.2. The first-order valence-corrected chi connectivity index (χ1v) is 13.9. The van der Waals surface area contributed by atoms with Crippen molar-refractivity contribution in [3.8, 4) is 17.5 Å². The number of rotatable bonds is 6. The predicted octanol–water partition coefficient (Wildman–Crippen LogP) is 6.41. The molecule has 1 fully saturated rings. The molecule has 8 nitrogen and oxygen atoms in total. The summed E-state index contributed by atoms with van der Waals surface area (Å²) in [6.45, 7) is 5.92. The van der Waals surface area contributed by atoms with Gasteiger partial charge in [-0.3, -0.25) is 4.79 Å². The molecule has 0 spiro atoms. The van der Waals surface area contributed by atoms with Gasteiger partial charge in [-0.05, 0) is 52.9 Å². The van der Waals surface area contributed by atoms with Crippen molar-refractivity contribution < 1.29 is 13.6 Å². The van der Waals surface area contributed by atoms with E-state index in [0.717, 1.165) is 6.07 Å². The van der Waals surface area contributed by atoms with Crippen molar-refractivity contribution in [2.24, 2.45) is 5.41 Å². The van der Waals surface area contributed by atoms with Crippen LogP contribution >= 0.6 is 23.2 Å². The lowest BCUT2D eigenvalue weighted by molar-refractivity contribution is -0.118. The molecule has 1 saturated heterocycles. The van der Waals surface area contributed by atoms with Gasteiger partial charge in [0, 0.05) is 33.8 Å². The summed E-state index contributed by atoms with van der Waals surface area (Å²) in [6, 6.07) is 15.6. The largest absolute Gasteiger partial charge is 0.325 e. The molecule has 3 aromatic carbocycles. The molecule has 12 heteroatoms. The smallest absolute Gasteiger partial charge is 0.242 e. The van der Waals surface area contributed by atoms with Crippen LogP contribution in [0, 0.1) is 28.4 Å². The number of amides is 1. The van der Waals surface area contributed by atoms with Crippen molar-refractivity contribution in [2.75, 3.05) is 5.32 Å². The Morgan fingerprint density at radius 2 is 1.88 bits per heavy atom. The summed E-state index contributed by atoms with van der Waals surface area (Å²) < 4.78 is 31.6. The summed E-state index contributed by atoms with van der Waals surface area (Å²) in [7, 11) is 0. The van der Waals surface area contributed by atoms with Crippen molar-refractivity contribution in [2.45, 2.75) is 50.6 Å². The Morgan fingerprint density at radius 3 is 2.55 bits per heavy atom. The monoisotopic (exact) mass is 609 g/mol. The number of anilines is 1. The third-order valence-corrected chi connectivity index (χ3v) is 7.99. The number of nitrogens with zero attached hydrogens (tertiary/aromatic N) is 4. The number of halogens is 4. The number of aromatic nitrogens is 4. The van der Waals surface area contributed by atoms with Crippen LogP contribution in [0.25, 0.3) is 11.4 Å². The van der Waals surface area contributed by atoms with Crippen LogP contribution in [0.3, 0.4) is 0 Å². The molecule has 0 aliphatic carbocycles. The van der Waals surface area contributed by atoms with Gasteiger partial charge in [-0.15, -0.1) is 10.2 Å². The molecule has 1 aromatic heterocycles. The third-order valence-electron chi connectivity index (χ3n) is 7.47. The number of carbonyl (C=O) groups excluding carboxylic acids is 1. The van der Waals surface area contributed by atoms with Crippen LogP contribution in [-0.2, 0) is 10.2 Å². The highest BCUT2D eigenvalue weighted by molar-refractivity contribution is 6.31. The maximum absolute atomic E-state index is 15.8. The lowest BCUT2D eigenvalue weighted by atomic mass is 9.62. The third kappa shape index (κ3) is 5.48. The van der Waals surface area contributed by atoms with E-state index in [2.05, 4.69) is 37.3 Å². The highest BCUT2D eigenvalue weighted by atomic mass is 35.5. The molecule has 1 aliphatic rings. The summed E-state index contributed by atoms with van der Waals surface area (Å²) in [6.07, 6.45) is 0.360. The van der Waals surface area contributed by atoms with Crippen molar-refractivity contribution in [3.63, 3.8) is 0 Å². The Balaban J connectivity index is 1.67. The van der Waals surface area contributed by atoms with Crippen LogP contribution in [-0.4, -0.2) is 38.6 Å². The van der Waals surface area contributed by atoms with E-state index in [4.69, 9.17) is 23.2 Å². The number of hydrogen-bond donors (Lipinski definition) is 3. The lowest BCUT2D eigenvalue weighted by Crippen LogP contribution is -2.45. The Hall–Kier alpha value is -3.91. The van der Waals surface area contributed by atoms with E-state index in [9.17, 15) is 10.1 Å². The van der Waals surface area contributed by atoms with Crippen molar-refractivity contribution in [3.05, 3.63) is 93.5 Å².